The van der Waals surface area contributed by atoms with E-state index in [1.54, 1.807) is 6.08 Å². The van der Waals surface area contributed by atoms with E-state index in [2.05, 4.69) is 39.5 Å². The molecule has 0 radical (unpaired) electrons. The Morgan fingerprint density at radius 2 is 2.00 bits per heavy atom. The van der Waals surface area contributed by atoms with Crippen molar-refractivity contribution in [1.82, 2.24) is 0 Å². The van der Waals surface area contributed by atoms with Crippen molar-refractivity contribution in [2.45, 2.75) is 78.7 Å². The first-order valence-corrected chi connectivity index (χ1v) is 10.6. The molecule has 4 aliphatic rings. The highest BCUT2D eigenvalue weighted by atomic mass is 16.3. The van der Waals surface area contributed by atoms with Gasteiger partial charge in [0.05, 0.1) is 6.10 Å². The minimum Gasteiger partial charge on any atom is -0.389 e. The van der Waals surface area contributed by atoms with Crippen LogP contribution < -0.4 is 0 Å². The molecule has 4 rings (SSSR count). The number of hydrogen-bond acceptors (Lipinski definition) is 2. The topological polar surface area (TPSA) is 37.3 Å². The van der Waals surface area contributed by atoms with Gasteiger partial charge in [0.15, 0.2) is 5.78 Å². The maximum Gasteiger partial charge on any atom is 0.155 e. The third kappa shape index (κ3) is 2.45. The zero-order chi connectivity index (χ0) is 18.7. The van der Waals surface area contributed by atoms with Gasteiger partial charge < -0.3 is 5.11 Å². The van der Waals surface area contributed by atoms with Gasteiger partial charge in [0.1, 0.15) is 0 Å². The molecule has 0 heterocycles. The normalized spacial score (nSPS) is 47.2. The van der Waals surface area contributed by atoms with E-state index in [1.165, 1.54) is 31.3 Å². The highest BCUT2D eigenvalue weighted by molar-refractivity contribution is 5.91. The highest BCUT2D eigenvalue weighted by Crippen LogP contribution is 2.67. The Bertz CT molecular complexity index is 710. The summed E-state index contributed by atoms with van der Waals surface area (Å²) in [5.74, 6) is 2.78. The number of carbonyl (C=O) groups excluding carboxylic acids is 1. The van der Waals surface area contributed by atoms with Gasteiger partial charge in [0.25, 0.3) is 0 Å². The average Bonchev–Trinajstić information content (AvgIpc) is 2.94. The average molecular weight is 355 g/mol. The molecule has 0 amide bonds. The lowest BCUT2D eigenvalue weighted by atomic mass is 9.46. The fourth-order valence-corrected chi connectivity index (χ4v) is 7.65. The molecule has 0 aromatic carbocycles. The van der Waals surface area contributed by atoms with Crippen molar-refractivity contribution in [3.05, 3.63) is 29.0 Å². The summed E-state index contributed by atoms with van der Waals surface area (Å²) in [7, 11) is 0. The van der Waals surface area contributed by atoms with E-state index < -0.39 is 6.10 Å². The molecule has 0 aliphatic heterocycles. The van der Waals surface area contributed by atoms with Crippen molar-refractivity contribution in [3.8, 4) is 0 Å². The summed E-state index contributed by atoms with van der Waals surface area (Å²) in [5.41, 5.74) is 6.33. The first-order valence-electron chi connectivity index (χ1n) is 10.6. The van der Waals surface area contributed by atoms with E-state index in [1.807, 2.05) is 0 Å². The second kappa shape index (κ2) is 6.21. The van der Waals surface area contributed by atoms with Crippen molar-refractivity contribution < 1.29 is 9.90 Å². The second-order valence-electron chi connectivity index (χ2n) is 9.90. The third-order valence-corrected chi connectivity index (χ3v) is 8.87. The van der Waals surface area contributed by atoms with Crippen LogP contribution in [-0.2, 0) is 4.79 Å². The van der Waals surface area contributed by atoms with Crippen molar-refractivity contribution in [3.63, 3.8) is 0 Å². The molecule has 3 fully saturated rings. The molecule has 142 valence electrons. The monoisotopic (exact) mass is 354 g/mol. The predicted octanol–water partition coefficient (Wildman–Crippen LogP) is 5.23. The van der Waals surface area contributed by atoms with E-state index in [4.69, 9.17) is 0 Å². The Kier molecular flexibility index (Phi) is 4.36. The molecule has 2 heteroatoms. The van der Waals surface area contributed by atoms with Crippen LogP contribution in [0.5, 0.6) is 0 Å². The Labute approximate surface area is 158 Å². The van der Waals surface area contributed by atoms with Gasteiger partial charge in [-0.1, -0.05) is 13.8 Å². The molecule has 7 atom stereocenters. The van der Waals surface area contributed by atoms with E-state index in [0.717, 1.165) is 18.4 Å². The molecule has 4 aliphatic carbocycles. The Balaban J connectivity index is 1.69. The summed E-state index contributed by atoms with van der Waals surface area (Å²) in [6.45, 7) is 9.17. The van der Waals surface area contributed by atoms with Gasteiger partial charge in [-0.05, 0) is 110 Å². The Morgan fingerprint density at radius 3 is 2.73 bits per heavy atom. The van der Waals surface area contributed by atoms with Gasteiger partial charge in [-0.25, -0.2) is 0 Å². The molecular formula is C24H34O2. The minimum atomic E-state index is -0.418. The number of ketones is 1. The third-order valence-electron chi connectivity index (χ3n) is 8.87. The van der Waals surface area contributed by atoms with Gasteiger partial charge in [0.2, 0.25) is 0 Å². The quantitative estimate of drug-likeness (QED) is 0.655. The van der Waals surface area contributed by atoms with Crippen molar-refractivity contribution >= 4 is 5.78 Å². The van der Waals surface area contributed by atoms with Crippen LogP contribution >= 0.6 is 0 Å². The van der Waals surface area contributed by atoms with Crippen LogP contribution in [-0.4, -0.2) is 17.0 Å². The molecular weight excluding hydrogens is 320 g/mol. The lowest BCUT2D eigenvalue weighted by Gasteiger charge is -2.59. The van der Waals surface area contributed by atoms with E-state index >= 15 is 0 Å². The molecule has 2 nitrogen and oxygen atoms in total. The number of fused-ring (bicyclic) bond motifs is 5. The van der Waals surface area contributed by atoms with Crippen molar-refractivity contribution in [2.24, 2.45) is 34.5 Å². The first-order chi connectivity index (χ1) is 12.3. The summed E-state index contributed by atoms with van der Waals surface area (Å²) >= 11 is 0. The maximum atomic E-state index is 12.0. The zero-order valence-electron chi connectivity index (χ0n) is 16.8. The zero-order valence-corrected chi connectivity index (χ0v) is 16.8. The van der Waals surface area contributed by atoms with Gasteiger partial charge in [0, 0.05) is 6.42 Å². The first kappa shape index (κ1) is 18.3. The summed E-state index contributed by atoms with van der Waals surface area (Å²) < 4.78 is 0. The van der Waals surface area contributed by atoms with Gasteiger partial charge >= 0.3 is 0 Å². The molecule has 3 saturated carbocycles. The minimum absolute atomic E-state index is 0.0316. The fourth-order valence-electron chi connectivity index (χ4n) is 7.65. The SMILES string of the molecule is CC=C=C(C)C1CCC2C3CC(O)C4=CC(=O)CCC4(C)C3CCC12C. The molecule has 0 bridgehead atoms. The summed E-state index contributed by atoms with van der Waals surface area (Å²) in [6, 6.07) is 0. The number of carbonyl (C=O) groups is 1. The number of aliphatic hydroxyl groups excluding tert-OH is 1. The van der Waals surface area contributed by atoms with Crippen molar-refractivity contribution in [1.29, 1.82) is 0 Å². The largest absolute Gasteiger partial charge is 0.389 e. The van der Waals surface area contributed by atoms with Crippen LogP contribution in [0, 0.1) is 34.5 Å². The van der Waals surface area contributed by atoms with E-state index in [9.17, 15) is 9.90 Å². The van der Waals surface area contributed by atoms with Crippen LogP contribution in [0.2, 0.25) is 0 Å². The number of hydrogen-bond donors (Lipinski definition) is 1. The molecule has 0 aromatic rings. The highest BCUT2D eigenvalue weighted by Gasteiger charge is 2.60. The van der Waals surface area contributed by atoms with E-state index in [-0.39, 0.29) is 11.2 Å². The van der Waals surface area contributed by atoms with Gasteiger partial charge in [-0.2, -0.15) is 0 Å². The van der Waals surface area contributed by atoms with Crippen LogP contribution in [0.3, 0.4) is 0 Å². The van der Waals surface area contributed by atoms with Crippen LogP contribution in [0.4, 0.5) is 0 Å². The Hall–Kier alpha value is -1.11. The summed E-state index contributed by atoms with van der Waals surface area (Å²) in [6.07, 6.45) is 11.0. The standard InChI is InChI=1S/C24H34O2/c1-5-6-15(2)18-7-8-19-17-14-22(26)21-13-16(25)9-11-24(21,4)20(17)10-12-23(18,19)3/h5,13,17-20,22,26H,7-12,14H2,1-4H3. The van der Waals surface area contributed by atoms with Crippen LogP contribution in [0.25, 0.3) is 0 Å². The molecule has 0 aromatic heterocycles. The number of rotatable bonds is 1. The molecule has 7 unspecified atom stereocenters. The van der Waals surface area contributed by atoms with Gasteiger partial charge in [-0.15, -0.1) is 5.73 Å². The molecule has 0 saturated heterocycles. The van der Waals surface area contributed by atoms with Crippen molar-refractivity contribution in [2.75, 3.05) is 0 Å². The maximum absolute atomic E-state index is 12.0. The predicted molar refractivity (Wildman–Crippen MR) is 105 cm³/mol. The van der Waals surface area contributed by atoms with Gasteiger partial charge in [-0.3, -0.25) is 4.79 Å². The smallest absolute Gasteiger partial charge is 0.155 e. The van der Waals surface area contributed by atoms with E-state index in [0.29, 0.717) is 35.5 Å². The summed E-state index contributed by atoms with van der Waals surface area (Å²) in [5, 5.41) is 10.9. The lowest BCUT2D eigenvalue weighted by Crippen LogP contribution is -2.53. The molecule has 26 heavy (non-hydrogen) atoms. The second-order valence-corrected chi connectivity index (χ2v) is 9.90. The fraction of sp³-hybridized carbons (Fsp3) is 0.750. The number of allylic oxidation sites excluding steroid dienone is 1. The van der Waals surface area contributed by atoms with Crippen LogP contribution in [0.1, 0.15) is 72.6 Å². The summed E-state index contributed by atoms with van der Waals surface area (Å²) in [4.78, 5) is 12.0. The molecule has 1 N–H and O–H groups in total. The lowest BCUT2D eigenvalue weighted by molar-refractivity contribution is -0.119. The number of aliphatic hydroxyl groups is 1. The Morgan fingerprint density at radius 1 is 1.23 bits per heavy atom. The van der Waals surface area contributed by atoms with Crippen LogP contribution in [0.15, 0.2) is 29.0 Å². The molecule has 0 spiro atoms.